The minimum absolute atomic E-state index is 0. The van der Waals surface area contributed by atoms with Crippen LogP contribution < -0.4 is 24.7 Å². The molecule has 1 aromatic heterocycles. The van der Waals surface area contributed by atoms with E-state index in [2.05, 4.69) is 4.98 Å². The number of hydrogen-bond donors (Lipinski definition) is 2. The van der Waals surface area contributed by atoms with Crippen LogP contribution in [-0.2, 0) is 21.1 Å². The summed E-state index contributed by atoms with van der Waals surface area (Å²) in [6.45, 7) is 0. The van der Waals surface area contributed by atoms with Crippen LogP contribution in [0.2, 0.25) is 0 Å². The van der Waals surface area contributed by atoms with E-state index >= 15 is 0 Å². The Labute approximate surface area is 102 Å². The first-order chi connectivity index (χ1) is 4.73. The molecule has 9 heteroatoms. The van der Waals surface area contributed by atoms with E-state index in [0.717, 1.165) is 0 Å². The Hall–Kier alpha value is -0.752. The van der Waals surface area contributed by atoms with Gasteiger partial charge in [-0.05, 0) is 12.1 Å². The molecule has 0 aliphatic heterocycles. The molecule has 0 spiro atoms. The van der Waals surface area contributed by atoms with Crippen molar-refractivity contribution in [1.82, 2.24) is 17.3 Å². The summed E-state index contributed by atoms with van der Waals surface area (Å²) < 4.78 is 0. The number of pyridine rings is 1. The number of nitrogens with zero attached hydrogens (tertiary/aromatic N) is 2. The molecular weight excluding hydrogens is 395 g/mol. The minimum Gasteiger partial charge on any atom is -1.00 e. The van der Waals surface area contributed by atoms with Gasteiger partial charge in [-0.3, -0.25) is 4.98 Å². The maximum Gasteiger partial charge on any atom is 2.00 e. The first kappa shape index (κ1) is 29.2. The van der Waals surface area contributed by atoms with Crippen molar-refractivity contribution in [3.8, 4) is 0 Å². The van der Waals surface area contributed by atoms with Gasteiger partial charge in [-0.2, -0.15) is 0 Å². The van der Waals surface area contributed by atoms with E-state index in [1.807, 2.05) is 18.2 Å². The Kier molecular flexibility index (Phi) is 47.5. The molecule has 0 amide bonds. The van der Waals surface area contributed by atoms with Crippen molar-refractivity contribution >= 4 is 0 Å². The molecule has 0 aromatic carbocycles. The number of rotatable bonds is 0. The smallest absolute Gasteiger partial charge is 1.00 e. The van der Waals surface area contributed by atoms with E-state index in [1.54, 1.807) is 12.4 Å². The monoisotopic (exact) mass is 405 g/mol. The fourth-order valence-corrected chi connectivity index (χ4v) is 0.313. The summed E-state index contributed by atoms with van der Waals surface area (Å²) >= 11 is 0. The zero-order valence-corrected chi connectivity index (χ0v) is 10.1. The van der Waals surface area contributed by atoms with E-state index in [9.17, 15) is 0 Å². The molecule has 0 aliphatic carbocycles. The second-order valence-corrected chi connectivity index (χ2v) is 1.25. The predicted molar refractivity (Wildman–Crippen MR) is 44.6 cm³/mol. The molecule has 0 radical (unpaired) electrons. The third-order valence-corrected chi connectivity index (χ3v) is 0.566. The van der Waals surface area contributed by atoms with E-state index in [-0.39, 0.29) is 45.8 Å². The van der Waals surface area contributed by atoms with Crippen LogP contribution in [0.5, 0.6) is 0 Å². The largest absolute Gasteiger partial charge is 2.00 e. The summed E-state index contributed by atoms with van der Waals surface area (Å²) in [6.07, 6.45) is 3.50. The summed E-state index contributed by atoms with van der Waals surface area (Å²) in [5, 5.41) is 14.8. The predicted octanol–water partition coefficient (Wildman–Crippen LogP) is -1.83. The molecule has 6 N–H and O–H groups in total. The Morgan fingerprint density at radius 3 is 1.36 bits per heavy atom. The van der Waals surface area contributed by atoms with Crippen molar-refractivity contribution in [2.75, 3.05) is 0 Å². The molecule has 0 unspecified atom stereocenters. The maximum absolute atomic E-state index is 8.25. The van der Waals surface area contributed by atoms with Gasteiger partial charge >= 0.3 is 21.1 Å². The van der Waals surface area contributed by atoms with E-state index < -0.39 is 5.09 Å². The zero-order valence-electron chi connectivity index (χ0n) is 7.11. The van der Waals surface area contributed by atoms with Crippen LogP contribution in [0.3, 0.4) is 0 Å². The molecule has 1 rings (SSSR count). The molecular formula is C5H11ClN4O3Pt. The van der Waals surface area contributed by atoms with Crippen LogP contribution in [0.1, 0.15) is 0 Å². The van der Waals surface area contributed by atoms with Crippen molar-refractivity contribution in [3.63, 3.8) is 0 Å². The van der Waals surface area contributed by atoms with Crippen molar-refractivity contribution in [1.29, 1.82) is 0 Å². The first-order valence-corrected chi connectivity index (χ1v) is 2.40. The molecule has 0 aliphatic rings. The van der Waals surface area contributed by atoms with Crippen molar-refractivity contribution in [3.05, 3.63) is 45.9 Å². The van der Waals surface area contributed by atoms with Gasteiger partial charge < -0.3 is 40.0 Å². The standard InChI is InChI=1S/C5H5N.ClH.NO3.2H3N.Pt/c1-2-4-6-5-3-1;;2-1(3)4;;;/h1-5H;1H;;2*1H3;/q;;-1;;;+2/p-1. The SMILES string of the molecule is N.N.O=[N+]([O-])[O-].[Cl-].[Pt+2].c1ccncc1. The molecule has 1 heterocycles. The third kappa shape index (κ3) is 42.9. The van der Waals surface area contributed by atoms with Gasteiger partial charge in [-0.1, -0.05) is 6.07 Å². The second kappa shape index (κ2) is 22.8. The average molecular weight is 406 g/mol. The van der Waals surface area contributed by atoms with Crippen LogP contribution in [0, 0.1) is 15.3 Å². The summed E-state index contributed by atoms with van der Waals surface area (Å²) in [5.74, 6) is 0. The Balaban J connectivity index is -0.0000000315. The van der Waals surface area contributed by atoms with Crippen LogP contribution in [0.15, 0.2) is 30.6 Å². The maximum atomic E-state index is 8.25. The van der Waals surface area contributed by atoms with E-state index in [0.29, 0.717) is 0 Å². The summed E-state index contributed by atoms with van der Waals surface area (Å²) in [5.41, 5.74) is 0. The van der Waals surface area contributed by atoms with Crippen LogP contribution in [0.25, 0.3) is 0 Å². The van der Waals surface area contributed by atoms with Gasteiger partial charge in [-0.25, -0.2) is 0 Å². The third-order valence-electron chi connectivity index (χ3n) is 0.566. The van der Waals surface area contributed by atoms with E-state index in [1.165, 1.54) is 0 Å². The average Bonchev–Trinajstić information content (AvgIpc) is 1.90. The molecule has 7 nitrogen and oxygen atoms in total. The molecule has 14 heavy (non-hydrogen) atoms. The molecule has 0 saturated heterocycles. The number of halogens is 1. The summed E-state index contributed by atoms with van der Waals surface area (Å²) in [7, 11) is 0. The van der Waals surface area contributed by atoms with Gasteiger partial charge in [0.1, 0.15) is 0 Å². The van der Waals surface area contributed by atoms with Gasteiger partial charge in [0.2, 0.25) is 0 Å². The van der Waals surface area contributed by atoms with Crippen molar-refractivity contribution < 1.29 is 38.6 Å². The van der Waals surface area contributed by atoms with Gasteiger partial charge in [-0.15, -0.1) is 0 Å². The molecule has 0 fully saturated rings. The van der Waals surface area contributed by atoms with Crippen LogP contribution >= 0.6 is 0 Å². The quantitative estimate of drug-likeness (QED) is 0.383. The topological polar surface area (TPSA) is 149 Å². The normalized spacial score (nSPS) is 5.14. The van der Waals surface area contributed by atoms with Gasteiger partial charge in [0.25, 0.3) is 0 Å². The molecule has 86 valence electrons. The Morgan fingerprint density at radius 1 is 1.00 bits per heavy atom. The van der Waals surface area contributed by atoms with Crippen molar-refractivity contribution in [2.45, 2.75) is 0 Å². The molecule has 0 atom stereocenters. The van der Waals surface area contributed by atoms with Gasteiger partial charge in [0.15, 0.2) is 0 Å². The zero-order chi connectivity index (χ0) is 7.82. The fourth-order valence-electron chi connectivity index (χ4n) is 0.313. The molecule has 0 bridgehead atoms. The second-order valence-electron chi connectivity index (χ2n) is 1.25. The van der Waals surface area contributed by atoms with Crippen LogP contribution in [0.4, 0.5) is 0 Å². The van der Waals surface area contributed by atoms with Crippen molar-refractivity contribution in [2.24, 2.45) is 0 Å². The molecule has 0 saturated carbocycles. The fraction of sp³-hybridized carbons (Fsp3) is 0. The van der Waals surface area contributed by atoms with E-state index in [4.69, 9.17) is 15.3 Å². The number of aromatic nitrogens is 1. The Morgan fingerprint density at radius 2 is 1.29 bits per heavy atom. The minimum atomic E-state index is -1.75. The molecule has 1 aromatic rings. The van der Waals surface area contributed by atoms with Gasteiger partial charge in [0.05, 0.1) is 5.09 Å². The summed E-state index contributed by atoms with van der Waals surface area (Å²) in [6, 6.07) is 5.72. The number of hydrogen-bond acceptors (Lipinski definition) is 6. The first-order valence-electron chi connectivity index (χ1n) is 2.40. The Bertz CT molecular complexity index is 161. The summed E-state index contributed by atoms with van der Waals surface area (Å²) in [4.78, 5) is 12.0. The van der Waals surface area contributed by atoms with Gasteiger partial charge in [0, 0.05) is 12.4 Å². The van der Waals surface area contributed by atoms with Crippen LogP contribution in [-0.4, -0.2) is 10.1 Å².